The molecule has 2 amide bonds. The lowest BCUT2D eigenvalue weighted by atomic mass is 10.2. The predicted molar refractivity (Wildman–Crippen MR) is 85.6 cm³/mol. The Morgan fingerprint density at radius 1 is 1.33 bits per heavy atom. The molecule has 21 heavy (non-hydrogen) atoms. The summed E-state index contributed by atoms with van der Waals surface area (Å²) < 4.78 is 0. The van der Waals surface area contributed by atoms with Gasteiger partial charge in [0.15, 0.2) is 0 Å². The lowest BCUT2D eigenvalue weighted by Gasteiger charge is -2.28. The molecule has 0 aromatic carbocycles. The Bertz CT molecular complexity index is 350. The van der Waals surface area contributed by atoms with E-state index in [1.165, 1.54) is 4.90 Å². The van der Waals surface area contributed by atoms with E-state index in [0.29, 0.717) is 12.3 Å². The number of carbonyl (C=O) groups excluding carboxylic acids is 1. The van der Waals surface area contributed by atoms with Crippen LogP contribution < -0.4 is 5.32 Å². The van der Waals surface area contributed by atoms with Gasteiger partial charge >= 0.3 is 12.0 Å². The topological polar surface area (TPSA) is 72.9 Å². The predicted octanol–water partition coefficient (Wildman–Crippen LogP) is 1.67. The minimum atomic E-state index is -0.917. The summed E-state index contributed by atoms with van der Waals surface area (Å²) >= 11 is 1.56. The van der Waals surface area contributed by atoms with E-state index < -0.39 is 12.0 Å². The van der Waals surface area contributed by atoms with Gasteiger partial charge in [0.2, 0.25) is 0 Å². The molecule has 1 fully saturated rings. The molecule has 0 aliphatic carbocycles. The van der Waals surface area contributed by atoms with E-state index in [1.54, 1.807) is 11.8 Å². The van der Waals surface area contributed by atoms with Crippen LogP contribution in [0, 0.1) is 0 Å². The molecule has 0 aromatic heterocycles. The fourth-order valence-electron chi connectivity index (χ4n) is 2.45. The lowest BCUT2D eigenvalue weighted by molar-refractivity contribution is -0.141. The van der Waals surface area contributed by atoms with Crippen LogP contribution in [0.3, 0.4) is 0 Å². The number of hydrogen-bond donors (Lipinski definition) is 2. The molecule has 0 aromatic rings. The fourth-order valence-corrected chi connectivity index (χ4v) is 3.96. The minimum absolute atomic E-state index is 0.0236. The van der Waals surface area contributed by atoms with Gasteiger partial charge in [-0.3, -0.25) is 4.90 Å². The number of hydrogen-bond acceptors (Lipinski definition) is 4. The number of aliphatic carboxylic acids is 1. The molecule has 2 N–H and O–H groups in total. The lowest BCUT2D eigenvalue weighted by Crippen LogP contribution is -2.51. The molecule has 1 rings (SSSR count). The zero-order valence-electron chi connectivity index (χ0n) is 13.2. The Hall–Kier alpha value is -0.950. The second-order valence-corrected chi connectivity index (χ2v) is 6.31. The molecular weight excluding hydrogens is 290 g/mol. The van der Waals surface area contributed by atoms with Crippen molar-refractivity contribution in [3.8, 4) is 0 Å². The van der Waals surface area contributed by atoms with Gasteiger partial charge in [0, 0.05) is 18.8 Å². The van der Waals surface area contributed by atoms with Crippen molar-refractivity contribution < 1.29 is 14.7 Å². The molecule has 0 bridgehead atoms. The summed E-state index contributed by atoms with van der Waals surface area (Å²) in [6, 6.07) is -0.960. The third-order valence-corrected chi connectivity index (χ3v) is 5.10. The van der Waals surface area contributed by atoms with Crippen LogP contribution in [-0.4, -0.2) is 70.3 Å². The summed E-state index contributed by atoms with van der Waals surface area (Å²) in [6.07, 6.45) is 1.77. The number of amides is 2. The summed E-state index contributed by atoms with van der Waals surface area (Å²) in [4.78, 5) is 27.4. The van der Waals surface area contributed by atoms with Crippen LogP contribution in [0.4, 0.5) is 4.79 Å². The summed E-state index contributed by atoms with van der Waals surface area (Å²) in [6.45, 7) is 9.44. The minimum Gasteiger partial charge on any atom is -0.480 e. The first-order valence-electron chi connectivity index (χ1n) is 7.67. The van der Waals surface area contributed by atoms with Crippen molar-refractivity contribution in [3.05, 3.63) is 0 Å². The average molecular weight is 317 g/mol. The Morgan fingerprint density at radius 2 is 2.00 bits per heavy atom. The number of carboxylic acid groups (broad SMARTS) is 1. The largest absolute Gasteiger partial charge is 0.480 e. The van der Waals surface area contributed by atoms with Crippen molar-refractivity contribution in [1.82, 2.24) is 15.1 Å². The van der Waals surface area contributed by atoms with Crippen LogP contribution in [0.1, 0.15) is 33.6 Å². The van der Waals surface area contributed by atoms with E-state index in [4.69, 9.17) is 0 Å². The Kier molecular flexibility index (Phi) is 7.88. The standard InChI is InChI=1S/C14H27N3O3S/c1-4-7-12-17(11(10-21-12)13(18)19)14(20)15-8-9-16(5-2)6-3/h11-12H,4-10H2,1-3H3,(H,15,20)(H,18,19). The van der Waals surface area contributed by atoms with Crippen LogP contribution in [-0.2, 0) is 4.79 Å². The van der Waals surface area contributed by atoms with E-state index >= 15 is 0 Å². The van der Waals surface area contributed by atoms with Gasteiger partial charge in [0.25, 0.3) is 0 Å². The van der Waals surface area contributed by atoms with E-state index in [2.05, 4.69) is 24.1 Å². The Morgan fingerprint density at radius 3 is 2.52 bits per heavy atom. The first kappa shape index (κ1) is 18.1. The van der Waals surface area contributed by atoms with Crippen molar-refractivity contribution in [2.24, 2.45) is 0 Å². The normalized spacial score (nSPS) is 21.8. The third-order valence-electron chi connectivity index (χ3n) is 3.75. The summed E-state index contributed by atoms with van der Waals surface area (Å²) in [5.41, 5.74) is 0. The molecule has 0 saturated carbocycles. The van der Waals surface area contributed by atoms with Crippen LogP contribution in [0.5, 0.6) is 0 Å². The van der Waals surface area contributed by atoms with E-state index in [9.17, 15) is 14.7 Å². The van der Waals surface area contributed by atoms with E-state index in [1.807, 2.05) is 6.92 Å². The molecule has 1 aliphatic rings. The third kappa shape index (κ3) is 5.07. The number of thioether (sulfide) groups is 1. The van der Waals surface area contributed by atoms with Gasteiger partial charge in [-0.05, 0) is 19.5 Å². The summed E-state index contributed by atoms with van der Waals surface area (Å²) in [5.74, 6) is -0.441. The molecule has 2 unspecified atom stereocenters. The maximum absolute atomic E-state index is 12.3. The molecule has 0 spiro atoms. The monoisotopic (exact) mass is 317 g/mol. The quantitative estimate of drug-likeness (QED) is 0.712. The van der Waals surface area contributed by atoms with Crippen LogP contribution >= 0.6 is 11.8 Å². The highest BCUT2D eigenvalue weighted by Gasteiger charge is 2.41. The van der Waals surface area contributed by atoms with Gasteiger partial charge in [-0.1, -0.05) is 27.2 Å². The van der Waals surface area contributed by atoms with Gasteiger partial charge in [0.1, 0.15) is 6.04 Å². The highest BCUT2D eigenvalue weighted by molar-refractivity contribution is 8.00. The SMILES string of the molecule is CCCC1SCC(C(=O)O)N1C(=O)NCCN(CC)CC. The molecule has 1 aliphatic heterocycles. The van der Waals surface area contributed by atoms with Gasteiger partial charge in [-0.2, -0.15) is 0 Å². The first-order chi connectivity index (χ1) is 10.0. The van der Waals surface area contributed by atoms with Gasteiger partial charge in [-0.25, -0.2) is 9.59 Å². The molecular formula is C14H27N3O3S. The van der Waals surface area contributed by atoms with Crippen LogP contribution in [0.2, 0.25) is 0 Å². The van der Waals surface area contributed by atoms with Crippen molar-refractivity contribution >= 4 is 23.8 Å². The molecule has 122 valence electrons. The maximum Gasteiger partial charge on any atom is 0.327 e. The molecule has 1 saturated heterocycles. The molecule has 6 nitrogen and oxygen atoms in total. The molecule has 7 heteroatoms. The average Bonchev–Trinajstić information content (AvgIpc) is 2.88. The second-order valence-electron chi connectivity index (χ2n) is 5.10. The summed E-state index contributed by atoms with van der Waals surface area (Å²) in [5, 5.41) is 12.1. The highest BCUT2D eigenvalue weighted by atomic mass is 32.2. The number of urea groups is 1. The van der Waals surface area contributed by atoms with Crippen molar-refractivity contribution in [2.45, 2.75) is 45.0 Å². The number of carbonyl (C=O) groups is 2. The second kappa shape index (κ2) is 9.15. The number of likely N-dealkylation sites (N-methyl/N-ethyl adjacent to an activating group) is 1. The van der Waals surface area contributed by atoms with Crippen LogP contribution in [0.25, 0.3) is 0 Å². The van der Waals surface area contributed by atoms with Crippen molar-refractivity contribution in [2.75, 3.05) is 31.9 Å². The Balaban J connectivity index is 2.56. The van der Waals surface area contributed by atoms with Gasteiger partial charge < -0.3 is 15.3 Å². The summed E-state index contributed by atoms with van der Waals surface area (Å²) in [7, 11) is 0. The van der Waals surface area contributed by atoms with Crippen LogP contribution in [0.15, 0.2) is 0 Å². The first-order valence-corrected chi connectivity index (χ1v) is 8.72. The number of carboxylic acids is 1. The van der Waals surface area contributed by atoms with Crippen molar-refractivity contribution in [1.29, 1.82) is 0 Å². The highest BCUT2D eigenvalue weighted by Crippen LogP contribution is 2.32. The Labute approximate surface area is 131 Å². The fraction of sp³-hybridized carbons (Fsp3) is 0.857. The number of rotatable bonds is 8. The zero-order chi connectivity index (χ0) is 15.8. The molecule has 2 atom stereocenters. The molecule has 0 radical (unpaired) electrons. The van der Waals surface area contributed by atoms with E-state index in [-0.39, 0.29) is 11.4 Å². The smallest absolute Gasteiger partial charge is 0.327 e. The molecule has 1 heterocycles. The van der Waals surface area contributed by atoms with Gasteiger partial charge in [-0.15, -0.1) is 11.8 Å². The zero-order valence-corrected chi connectivity index (χ0v) is 14.0. The van der Waals surface area contributed by atoms with Gasteiger partial charge in [0.05, 0.1) is 5.37 Å². The number of nitrogens with zero attached hydrogens (tertiary/aromatic N) is 2. The number of nitrogens with one attached hydrogen (secondary N) is 1. The van der Waals surface area contributed by atoms with E-state index in [0.717, 1.165) is 32.5 Å². The maximum atomic E-state index is 12.3. The van der Waals surface area contributed by atoms with Crippen molar-refractivity contribution in [3.63, 3.8) is 0 Å².